The summed E-state index contributed by atoms with van der Waals surface area (Å²) in [4.78, 5) is 4.57. The number of aliphatic imine (C=N–C) groups is 1. The first-order valence-corrected chi connectivity index (χ1v) is 10.6. The summed E-state index contributed by atoms with van der Waals surface area (Å²) in [6.45, 7) is 2.88. The van der Waals surface area contributed by atoms with Gasteiger partial charge in [-0.1, -0.05) is 18.2 Å². The van der Waals surface area contributed by atoms with Crippen LogP contribution in [0.3, 0.4) is 0 Å². The Hall–Kier alpha value is -2.01. The molecule has 0 saturated carbocycles. The van der Waals surface area contributed by atoms with Gasteiger partial charge in [-0.15, -0.1) is 24.0 Å². The molecule has 0 unspecified atom stereocenters. The van der Waals surface area contributed by atoms with E-state index < -0.39 is 9.84 Å². The predicted molar refractivity (Wildman–Crippen MR) is 126 cm³/mol. The Balaban J connectivity index is 0.00000420. The molecule has 0 heterocycles. The maximum absolute atomic E-state index is 11.7. The third kappa shape index (κ3) is 7.07. The second-order valence-corrected chi connectivity index (χ2v) is 8.32. The number of ether oxygens (including phenoxy) is 2. The average molecular weight is 533 g/mol. The summed E-state index contributed by atoms with van der Waals surface area (Å²) in [7, 11) is 1.69. The summed E-state index contributed by atoms with van der Waals surface area (Å²) < 4.78 is 34.0. The van der Waals surface area contributed by atoms with E-state index in [1.807, 2.05) is 24.3 Å². The molecule has 0 aliphatic heterocycles. The molecule has 0 bridgehead atoms. The van der Waals surface area contributed by atoms with E-state index >= 15 is 0 Å². The fourth-order valence-corrected chi connectivity index (χ4v) is 3.78. The summed E-state index contributed by atoms with van der Waals surface area (Å²) in [5.74, 6) is 1.99. The van der Waals surface area contributed by atoms with Crippen LogP contribution in [0.2, 0.25) is 0 Å². The number of nitrogens with zero attached hydrogens (tertiary/aromatic N) is 1. The van der Waals surface area contributed by atoms with E-state index in [0.717, 1.165) is 16.7 Å². The normalized spacial score (nSPS) is 11.4. The van der Waals surface area contributed by atoms with Crippen LogP contribution in [0.1, 0.15) is 16.7 Å². The largest absolute Gasteiger partial charge is 0.493 e. The third-order valence-electron chi connectivity index (χ3n) is 4.23. The number of aryl methyl sites for hydroxylation is 1. The van der Waals surface area contributed by atoms with E-state index in [-0.39, 0.29) is 24.0 Å². The van der Waals surface area contributed by atoms with E-state index in [0.29, 0.717) is 35.4 Å². The van der Waals surface area contributed by atoms with Crippen LogP contribution in [-0.2, 0) is 22.9 Å². The van der Waals surface area contributed by atoms with Gasteiger partial charge in [-0.3, -0.25) is 4.99 Å². The molecule has 2 rings (SSSR count). The van der Waals surface area contributed by atoms with Crippen molar-refractivity contribution in [3.05, 3.63) is 53.1 Å². The van der Waals surface area contributed by atoms with Gasteiger partial charge in [-0.05, 0) is 41.8 Å². The Morgan fingerprint density at radius 3 is 2.00 bits per heavy atom. The summed E-state index contributed by atoms with van der Waals surface area (Å²) in [6.07, 6.45) is 1.22. The monoisotopic (exact) mass is 533 g/mol. The van der Waals surface area contributed by atoms with Crippen LogP contribution < -0.4 is 20.1 Å². The summed E-state index contributed by atoms with van der Waals surface area (Å²) >= 11 is 0. The van der Waals surface area contributed by atoms with Crippen LogP contribution in [0.5, 0.6) is 11.5 Å². The molecule has 7 nitrogen and oxygen atoms in total. The van der Waals surface area contributed by atoms with Crippen LogP contribution >= 0.6 is 24.0 Å². The number of sulfone groups is 1. The van der Waals surface area contributed by atoms with Crippen LogP contribution in [0, 0.1) is 6.92 Å². The minimum atomic E-state index is -3.21. The minimum Gasteiger partial charge on any atom is -0.493 e. The van der Waals surface area contributed by atoms with Gasteiger partial charge < -0.3 is 20.1 Å². The van der Waals surface area contributed by atoms with Gasteiger partial charge in [0.25, 0.3) is 0 Å². The topological polar surface area (TPSA) is 89.0 Å². The molecule has 0 aromatic heterocycles. The Morgan fingerprint density at radius 1 is 0.966 bits per heavy atom. The molecule has 0 spiro atoms. The van der Waals surface area contributed by atoms with Crippen molar-refractivity contribution in [3.63, 3.8) is 0 Å². The molecule has 0 atom stereocenters. The van der Waals surface area contributed by atoms with Gasteiger partial charge in [0.15, 0.2) is 27.3 Å². The second kappa shape index (κ2) is 11.2. The maximum atomic E-state index is 11.7. The Kier molecular flexibility index (Phi) is 9.71. The minimum absolute atomic E-state index is 0. The van der Waals surface area contributed by atoms with Gasteiger partial charge in [0.1, 0.15) is 0 Å². The van der Waals surface area contributed by atoms with Gasteiger partial charge in [0.2, 0.25) is 0 Å². The van der Waals surface area contributed by atoms with Crippen molar-refractivity contribution in [3.8, 4) is 11.5 Å². The molecule has 2 aromatic carbocycles. The lowest BCUT2D eigenvalue weighted by atomic mass is 10.1. The first kappa shape index (κ1) is 25.0. The van der Waals surface area contributed by atoms with Crippen molar-refractivity contribution in [1.82, 2.24) is 10.6 Å². The number of nitrogens with one attached hydrogen (secondary N) is 2. The number of methoxy groups -OCH3 is 2. The lowest BCUT2D eigenvalue weighted by molar-refractivity contribution is 0.354. The molecule has 0 radical (unpaired) electrons. The Morgan fingerprint density at radius 2 is 1.52 bits per heavy atom. The zero-order chi connectivity index (χ0) is 20.7. The summed E-state index contributed by atoms with van der Waals surface area (Å²) in [6, 6.07) is 11.0. The zero-order valence-corrected chi connectivity index (χ0v) is 20.4. The van der Waals surface area contributed by atoms with Crippen molar-refractivity contribution in [2.24, 2.45) is 4.99 Å². The van der Waals surface area contributed by atoms with Crippen molar-refractivity contribution < 1.29 is 17.9 Å². The molecule has 2 N–H and O–H groups in total. The van der Waals surface area contributed by atoms with Crippen LogP contribution in [0.25, 0.3) is 0 Å². The lowest BCUT2D eigenvalue weighted by Gasteiger charge is -2.14. The molecular formula is C20H28IN3O4S. The smallest absolute Gasteiger partial charge is 0.191 e. The highest BCUT2D eigenvalue weighted by Crippen LogP contribution is 2.27. The van der Waals surface area contributed by atoms with Gasteiger partial charge in [0, 0.05) is 26.4 Å². The summed E-state index contributed by atoms with van der Waals surface area (Å²) in [5.41, 5.74) is 2.72. The molecule has 0 fully saturated rings. The lowest BCUT2D eigenvalue weighted by Crippen LogP contribution is -2.36. The molecule has 29 heavy (non-hydrogen) atoms. The average Bonchev–Trinajstić information content (AvgIpc) is 2.66. The molecule has 0 aliphatic carbocycles. The van der Waals surface area contributed by atoms with Crippen molar-refractivity contribution >= 4 is 39.8 Å². The van der Waals surface area contributed by atoms with Crippen molar-refractivity contribution in [2.75, 3.05) is 27.5 Å². The summed E-state index contributed by atoms with van der Waals surface area (Å²) in [5, 5.41) is 6.47. The third-order valence-corrected chi connectivity index (χ3v) is 5.49. The number of guanidine groups is 1. The van der Waals surface area contributed by atoms with E-state index in [2.05, 4.69) is 15.6 Å². The second-order valence-electron chi connectivity index (χ2n) is 6.34. The van der Waals surface area contributed by atoms with E-state index in [1.165, 1.54) is 6.26 Å². The van der Waals surface area contributed by atoms with Crippen molar-refractivity contribution in [1.29, 1.82) is 0 Å². The molecule has 2 aromatic rings. The van der Waals surface area contributed by atoms with E-state index in [1.54, 1.807) is 40.3 Å². The fraction of sp³-hybridized carbons (Fsp3) is 0.350. The zero-order valence-electron chi connectivity index (χ0n) is 17.3. The molecule has 0 aliphatic rings. The number of rotatable bonds is 7. The first-order valence-electron chi connectivity index (χ1n) is 8.73. The van der Waals surface area contributed by atoms with Gasteiger partial charge in [-0.25, -0.2) is 8.42 Å². The van der Waals surface area contributed by atoms with Gasteiger partial charge in [0.05, 0.1) is 19.1 Å². The predicted octanol–water partition coefficient (Wildman–Crippen LogP) is 2.90. The SMILES string of the molecule is CN=C(NCc1ccc(S(C)(=O)=O)c(C)c1)NCc1ccc(OC)c(OC)c1.I. The number of halogens is 1. The highest BCUT2D eigenvalue weighted by atomic mass is 127. The fourth-order valence-electron chi connectivity index (χ4n) is 2.82. The van der Waals surface area contributed by atoms with Crippen molar-refractivity contribution in [2.45, 2.75) is 24.9 Å². The first-order chi connectivity index (χ1) is 13.3. The maximum Gasteiger partial charge on any atom is 0.191 e. The highest BCUT2D eigenvalue weighted by molar-refractivity contribution is 14.0. The highest BCUT2D eigenvalue weighted by Gasteiger charge is 2.11. The van der Waals surface area contributed by atoms with Gasteiger partial charge in [-0.2, -0.15) is 0 Å². The van der Waals surface area contributed by atoms with Crippen LogP contribution in [-0.4, -0.2) is 41.9 Å². The van der Waals surface area contributed by atoms with Crippen LogP contribution in [0.4, 0.5) is 0 Å². The van der Waals surface area contributed by atoms with Gasteiger partial charge >= 0.3 is 0 Å². The number of benzene rings is 2. The number of hydrogen-bond donors (Lipinski definition) is 2. The number of hydrogen-bond acceptors (Lipinski definition) is 5. The standard InChI is InChI=1S/C20H27N3O4S.HI/c1-14-10-15(7-9-19(14)28(5,24)25)12-22-20(21-2)23-13-16-6-8-17(26-3)18(11-16)27-4;/h6-11H,12-13H2,1-5H3,(H2,21,22,23);1H. The molecular weight excluding hydrogens is 505 g/mol. The molecule has 0 saturated heterocycles. The molecule has 9 heteroatoms. The molecule has 160 valence electrons. The Labute approximate surface area is 189 Å². The Bertz CT molecular complexity index is 962. The quantitative estimate of drug-likeness (QED) is 0.324. The van der Waals surface area contributed by atoms with E-state index in [4.69, 9.17) is 9.47 Å². The van der Waals surface area contributed by atoms with E-state index in [9.17, 15) is 8.42 Å². The molecule has 0 amide bonds. The van der Waals surface area contributed by atoms with Crippen LogP contribution in [0.15, 0.2) is 46.3 Å².